The third-order valence-corrected chi connectivity index (χ3v) is 3.29. The minimum atomic E-state index is 0.0898. The molecule has 1 unspecified atom stereocenters. The average Bonchev–Trinajstić information content (AvgIpc) is 2.78. The molecule has 1 aromatic heterocycles. The Labute approximate surface area is 108 Å². The van der Waals surface area contributed by atoms with E-state index in [1.807, 2.05) is 10.9 Å². The van der Waals surface area contributed by atoms with Crippen LogP contribution in [0.2, 0.25) is 0 Å². The Morgan fingerprint density at radius 1 is 1.67 bits per heavy atom. The van der Waals surface area contributed by atoms with Crippen LogP contribution in [0.15, 0.2) is 12.4 Å². The van der Waals surface area contributed by atoms with Crippen molar-refractivity contribution in [3.05, 3.63) is 12.4 Å². The SMILES string of the molecule is CC(C)n1cc(NC(=O)CC2CCCNC2)cn1. The maximum Gasteiger partial charge on any atom is 0.224 e. The number of carbonyl (C=O) groups excluding carboxylic acids is 1. The smallest absolute Gasteiger partial charge is 0.224 e. The zero-order valence-electron chi connectivity index (χ0n) is 11.1. The van der Waals surface area contributed by atoms with Crippen molar-refractivity contribution in [1.82, 2.24) is 15.1 Å². The van der Waals surface area contributed by atoms with Gasteiger partial charge in [0.05, 0.1) is 11.9 Å². The molecule has 1 amide bonds. The van der Waals surface area contributed by atoms with Crippen LogP contribution in [0, 0.1) is 5.92 Å². The topological polar surface area (TPSA) is 59.0 Å². The fourth-order valence-electron chi connectivity index (χ4n) is 2.26. The van der Waals surface area contributed by atoms with Crippen LogP contribution >= 0.6 is 0 Å². The van der Waals surface area contributed by atoms with Gasteiger partial charge in [0.15, 0.2) is 0 Å². The Kier molecular flexibility index (Phi) is 4.36. The third kappa shape index (κ3) is 3.57. The highest BCUT2D eigenvalue weighted by Crippen LogP contribution is 2.16. The molecular weight excluding hydrogens is 228 g/mol. The van der Waals surface area contributed by atoms with E-state index in [-0.39, 0.29) is 5.91 Å². The van der Waals surface area contributed by atoms with Crippen molar-refractivity contribution in [3.63, 3.8) is 0 Å². The maximum absolute atomic E-state index is 11.9. The van der Waals surface area contributed by atoms with Gasteiger partial charge in [-0.25, -0.2) is 0 Å². The molecule has 0 saturated carbocycles. The van der Waals surface area contributed by atoms with Gasteiger partial charge in [-0.1, -0.05) is 0 Å². The second-order valence-electron chi connectivity index (χ2n) is 5.27. The first-order valence-corrected chi connectivity index (χ1v) is 6.70. The Balaban J connectivity index is 1.82. The highest BCUT2D eigenvalue weighted by atomic mass is 16.1. The molecule has 100 valence electrons. The number of carbonyl (C=O) groups is 1. The number of amides is 1. The summed E-state index contributed by atoms with van der Waals surface area (Å²) in [5, 5.41) is 10.4. The van der Waals surface area contributed by atoms with Crippen LogP contribution in [-0.2, 0) is 4.79 Å². The molecule has 1 atom stereocenters. The highest BCUT2D eigenvalue weighted by molar-refractivity contribution is 5.90. The minimum absolute atomic E-state index is 0.0898. The summed E-state index contributed by atoms with van der Waals surface area (Å²) in [4.78, 5) is 11.9. The van der Waals surface area contributed by atoms with Gasteiger partial charge in [0.1, 0.15) is 0 Å². The lowest BCUT2D eigenvalue weighted by Gasteiger charge is -2.21. The molecule has 0 spiro atoms. The van der Waals surface area contributed by atoms with E-state index in [1.165, 1.54) is 6.42 Å². The molecule has 2 rings (SSSR count). The predicted octanol–water partition coefficient (Wildman–Crippen LogP) is 1.79. The van der Waals surface area contributed by atoms with Crippen molar-refractivity contribution < 1.29 is 4.79 Å². The Hall–Kier alpha value is -1.36. The summed E-state index contributed by atoms with van der Waals surface area (Å²) < 4.78 is 1.85. The summed E-state index contributed by atoms with van der Waals surface area (Å²) in [6, 6.07) is 0.318. The molecule has 1 saturated heterocycles. The molecule has 1 aromatic rings. The molecule has 0 radical (unpaired) electrons. The van der Waals surface area contributed by atoms with Gasteiger partial charge in [-0.15, -0.1) is 0 Å². The molecule has 18 heavy (non-hydrogen) atoms. The Morgan fingerprint density at radius 3 is 3.11 bits per heavy atom. The fourth-order valence-corrected chi connectivity index (χ4v) is 2.26. The molecule has 0 aromatic carbocycles. The van der Waals surface area contributed by atoms with Crippen LogP contribution in [0.3, 0.4) is 0 Å². The number of hydrogen-bond donors (Lipinski definition) is 2. The van der Waals surface area contributed by atoms with Crippen molar-refractivity contribution in [3.8, 4) is 0 Å². The molecule has 1 fully saturated rings. The number of nitrogens with zero attached hydrogens (tertiary/aromatic N) is 2. The van der Waals surface area contributed by atoms with E-state index in [9.17, 15) is 4.79 Å². The van der Waals surface area contributed by atoms with E-state index in [4.69, 9.17) is 0 Å². The van der Waals surface area contributed by atoms with Gasteiger partial charge in [0.2, 0.25) is 5.91 Å². The quantitative estimate of drug-likeness (QED) is 0.856. The Morgan fingerprint density at radius 2 is 2.50 bits per heavy atom. The van der Waals surface area contributed by atoms with Gasteiger partial charge < -0.3 is 10.6 Å². The monoisotopic (exact) mass is 250 g/mol. The van der Waals surface area contributed by atoms with Crippen LogP contribution in [0.4, 0.5) is 5.69 Å². The van der Waals surface area contributed by atoms with Gasteiger partial charge in [-0.2, -0.15) is 5.10 Å². The van der Waals surface area contributed by atoms with Crippen molar-refractivity contribution >= 4 is 11.6 Å². The first kappa shape index (κ1) is 13.1. The molecule has 5 heteroatoms. The van der Waals surface area contributed by atoms with Gasteiger partial charge in [0.25, 0.3) is 0 Å². The molecule has 0 bridgehead atoms. The normalized spacial score (nSPS) is 20.1. The fraction of sp³-hybridized carbons (Fsp3) is 0.692. The molecule has 5 nitrogen and oxygen atoms in total. The van der Waals surface area contributed by atoms with Crippen molar-refractivity contribution in [2.75, 3.05) is 18.4 Å². The summed E-state index contributed by atoms with van der Waals surface area (Å²) in [6.07, 6.45) is 6.49. The number of aromatic nitrogens is 2. The predicted molar refractivity (Wildman–Crippen MR) is 71.5 cm³/mol. The first-order valence-electron chi connectivity index (χ1n) is 6.70. The van der Waals surface area contributed by atoms with Gasteiger partial charge in [0, 0.05) is 18.7 Å². The van der Waals surface area contributed by atoms with Crippen LogP contribution in [0.25, 0.3) is 0 Å². The van der Waals surface area contributed by atoms with Crippen molar-refractivity contribution in [2.45, 2.75) is 39.2 Å². The van der Waals surface area contributed by atoms with E-state index in [0.29, 0.717) is 18.4 Å². The number of anilines is 1. The zero-order valence-corrected chi connectivity index (χ0v) is 11.1. The average molecular weight is 250 g/mol. The van der Waals surface area contributed by atoms with Crippen LogP contribution in [0.1, 0.15) is 39.2 Å². The molecule has 1 aliphatic rings. The summed E-state index contributed by atoms with van der Waals surface area (Å²) in [7, 11) is 0. The van der Waals surface area contributed by atoms with Crippen LogP contribution < -0.4 is 10.6 Å². The molecule has 0 aliphatic carbocycles. The van der Waals surface area contributed by atoms with Crippen LogP contribution in [0.5, 0.6) is 0 Å². The number of piperidine rings is 1. The Bertz CT molecular complexity index is 393. The molecular formula is C13H22N4O. The summed E-state index contributed by atoms with van der Waals surface area (Å²) >= 11 is 0. The molecule has 2 heterocycles. The van der Waals surface area contributed by atoms with E-state index >= 15 is 0 Å². The molecule has 1 aliphatic heterocycles. The van der Waals surface area contributed by atoms with Crippen molar-refractivity contribution in [2.24, 2.45) is 5.92 Å². The lowest BCUT2D eigenvalue weighted by Crippen LogP contribution is -2.32. The summed E-state index contributed by atoms with van der Waals surface area (Å²) in [6.45, 7) is 6.16. The van der Waals surface area contributed by atoms with E-state index in [2.05, 4.69) is 29.6 Å². The second kappa shape index (κ2) is 6.00. The standard InChI is InChI=1S/C13H22N4O/c1-10(2)17-9-12(8-15-17)16-13(18)6-11-4-3-5-14-7-11/h8-11,14H,3-7H2,1-2H3,(H,16,18). The maximum atomic E-state index is 11.9. The van der Waals surface area contributed by atoms with Gasteiger partial charge in [-0.05, 0) is 45.7 Å². The summed E-state index contributed by atoms with van der Waals surface area (Å²) in [5.41, 5.74) is 0.789. The summed E-state index contributed by atoms with van der Waals surface area (Å²) in [5.74, 6) is 0.561. The number of nitrogens with one attached hydrogen (secondary N) is 2. The lowest BCUT2D eigenvalue weighted by atomic mass is 9.96. The van der Waals surface area contributed by atoms with E-state index < -0.39 is 0 Å². The van der Waals surface area contributed by atoms with E-state index in [0.717, 1.165) is 25.2 Å². The van der Waals surface area contributed by atoms with Crippen molar-refractivity contribution in [1.29, 1.82) is 0 Å². The first-order chi connectivity index (χ1) is 8.65. The lowest BCUT2D eigenvalue weighted by molar-refractivity contribution is -0.117. The highest BCUT2D eigenvalue weighted by Gasteiger charge is 2.17. The zero-order chi connectivity index (χ0) is 13.0. The largest absolute Gasteiger partial charge is 0.323 e. The van der Waals surface area contributed by atoms with Gasteiger partial charge in [-0.3, -0.25) is 9.48 Å². The number of rotatable bonds is 4. The second-order valence-corrected chi connectivity index (χ2v) is 5.27. The third-order valence-electron chi connectivity index (χ3n) is 3.29. The minimum Gasteiger partial charge on any atom is -0.323 e. The molecule has 2 N–H and O–H groups in total. The van der Waals surface area contributed by atoms with E-state index in [1.54, 1.807) is 6.20 Å². The number of hydrogen-bond acceptors (Lipinski definition) is 3. The van der Waals surface area contributed by atoms with Gasteiger partial charge >= 0.3 is 0 Å². The van der Waals surface area contributed by atoms with Crippen LogP contribution in [-0.4, -0.2) is 28.8 Å².